The van der Waals surface area contributed by atoms with Gasteiger partial charge in [0.25, 0.3) is 0 Å². The fourth-order valence-electron chi connectivity index (χ4n) is 2.55. The third-order valence-electron chi connectivity index (χ3n) is 3.86. The Morgan fingerprint density at radius 1 is 1.35 bits per heavy atom. The van der Waals surface area contributed by atoms with Crippen LogP contribution in [0.1, 0.15) is 37.8 Å². The minimum Gasteiger partial charge on any atom is -0.385 e. The van der Waals surface area contributed by atoms with Crippen LogP contribution in [0, 0.1) is 5.92 Å². The standard InChI is InChI=1S/C15H19F3O2/c1-10(2)13-9-14(19,6-7-20-13)11-4-3-5-12(8-11)15(16,17)18/h3-5,8,10,13,19H,6-7,9H2,1-2H3. The van der Waals surface area contributed by atoms with E-state index in [9.17, 15) is 18.3 Å². The van der Waals surface area contributed by atoms with Crippen LogP contribution < -0.4 is 0 Å². The molecule has 0 aromatic heterocycles. The SMILES string of the molecule is CC(C)C1CC(O)(c2cccc(C(F)(F)F)c2)CCO1. The molecule has 2 atom stereocenters. The molecular formula is C15H19F3O2. The maximum atomic E-state index is 12.8. The van der Waals surface area contributed by atoms with Crippen molar-refractivity contribution < 1.29 is 23.0 Å². The minimum absolute atomic E-state index is 0.136. The molecule has 2 nitrogen and oxygen atoms in total. The molecule has 1 aromatic carbocycles. The van der Waals surface area contributed by atoms with Crippen LogP contribution in [-0.4, -0.2) is 17.8 Å². The summed E-state index contributed by atoms with van der Waals surface area (Å²) < 4.78 is 43.8. The molecule has 112 valence electrons. The van der Waals surface area contributed by atoms with Gasteiger partial charge >= 0.3 is 6.18 Å². The fraction of sp³-hybridized carbons (Fsp3) is 0.600. The zero-order chi connectivity index (χ0) is 15.0. The molecule has 1 aromatic rings. The highest BCUT2D eigenvalue weighted by atomic mass is 19.4. The van der Waals surface area contributed by atoms with Gasteiger partial charge < -0.3 is 9.84 Å². The average molecular weight is 288 g/mol. The van der Waals surface area contributed by atoms with Crippen molar-refractivity contribution in [1.29, 1.82) is 0 Å². The van der Waals surface area contributed by atoms with E-state index in [4.69, 9.17) is 4.74 Å². The average Bonchev–Trinajstić information content (AvgIpc) is 2.38. The molecule has 0 spiro atoms. The number of ether oxygens (including phenoxy) is 1. The Morgan fingerprint density at radius 2 is 2.05 bits per heavy atom. The van der Waals surface area contributed by atoms with Crippen molar-refractivity contribution in [3.8, 4) is 0 Å². The van der Waals surface area contributed by atoms with Crippen LogP contribution >= 0.6 is 0 Å². The molecule has 1 N–H and O–H groups in total. The van der Waals surface area contributed by atoms with Crippen molar-refractivity contribution in [2.45, 2.75) is 44.6 Å². The van der Waals surface area contributed by atoms with E-state index in [1.807, 2.05) is 13.8 Å². The highest BCUT2D eigenvalue weighted by Crippen LogP contribution is 2.39. The van der Waals surface area contributed by atoms with Crippen LogP contribution in [0.15, 0.2) is 24.3 Å². The van der Waals surface area contributed by atoms with Crippen molar-refractivity contribution >= 4 is 0 Å². The van der Waals surface area contributed by atoms with E-state index in [1.54, 1.807) is 6.07 Å². The molecule has 5 heteroatoms. The van der Waals surface area contributed by atoms with Crippen molar-refractivity contribution in [3.63, 3.8) is 0 Å². The van der Waals surface area contributed by atoms with Gasteiger partial charge in [0.1, 0.15) is 0 Å². The predicted octanol–water partition coefficient (Wildman–Crippen LogP) is 3.73. The molecule has 0 bridgehead atoms. The molecule has 1 fully saturated rings. The molecule has 0 aliphatic carbocycles. The molecule has 20 heavy (non-hydrogen) atoms. The van der Waals surface area contributed by atoms with Gasteiger partial charge in [-0.1, -0.05) is 26.0 Å². The van der Waals surface area contributed by atoms with Gasteiger partial charge in [-0.25, -0.2) is 0 Å². The van der Waals surface area contributed by atoms with Gasteiger partial charge in [-0.2, -0.15) is 13.2 Å². The van der Waals surface area contributed by atoms with Crippen molar-refractivity contribution in [2.24, 2.45) is 5.92 Å². The molecule has 0 radical (unpaired) electrons. The Morgan fingerprint density at radius 3 is 2.65 bits per heavy atom. The maximum absolute atomic E-state index is 12.8. The van der Waals surface area contributed by atoms with Gasteiger partial charge in [0.05, 0.1) is 23.9 Å². The molecule has 2 rings (SSSR count). The van der Waals surface area contributed by atoms with Gasteiger partial charge in [0.2, 0.25) is 0 Å². The van der Waals surface area contributed by atoms with Gasteiger partial charge in [-0.3, -0.25) is 0 Å². The predicted molar refractivity (Wildman–Crippen MR) is 69.2 cm³/mol. The molecule has 1 saturated heterocycles. The summed E-state index contributed by atoms with van der Waals surface area (Å²) in [5.41, 5.74) is -1.65. The van der Waals surface area contributed by atoms with Crippen LogP contribution in [0.5, 0.6) is 0 Å². The second-order valence-corrected chi connectivity index (χ2v) is 5.72. The molecule has 1 heterocycles. The topological polar surface area (TPSA) is 29.5 Å². The van der Waals surface area contributed by atoms with Crippen LogP contribution in [0.4, 0.5) is 13.2 Å². The first-order chi connectivity index (χ1) is 9.22. The zero-order valence-corrected chi connectivity index (χ0v) is 11.6. The van der Waals surface area contributed by atoms with E-state index in [1.165, 1.54) is 6.07 Å². The van der Waals surface area contributed by atoms with E-state index in [-0.39, 0.29) is 12.0 Å². The Bertz CT molecular complexity index is 470. The summed E-state index contributed by atoms with van der Waals surface area (Å²) in [7, 11) is 0. The number of rotatable bonds is 2. The molecule has 0 amide bonds. The monoisotopic (exact) mass is 288 g/mol. The van der Waals surface area contributed by atoms with Crippen LogP contribution in [0.3, 0.4) is 0 Å². The lowest BCUT2D eigenvalue weighted by Crippen LogP contribution is -2.40. The highest BCUT2D eigenvalue weighted by Gasteiger charge is 2.39. The van der Waals surface area contributed by atoms with E-state index < -0.39 is 17.3 Å². The van der Waals surface area contributed by atoms with Gasteiger partial charge in [-0.05, 0) is 23.6 Å². The van der Waals surface area contributed by atoms with E-state index >= 15 is 0 Å². The second kappa shape index (κ2) is 5.37. The minimum atomic E-state index is -4.39. The fourth-order valence-corrected chi connectivity index (χ4v) is 2.55. The first-order valence-corrected chi connectivity index (χ1v) is 6.74. The number of hydrogen-bond acceptors (Lipinski definition) is 2. The lowest BCUT2D eigenvalue weighted by molar-refractivity contribution is -0.138. The number of alkyl halides is 3. The van der Waals surface area contributed by atoms with E-state index in [0.29, 0.717) is 25.0 Å². The molecule has 0 saturated carbocycles. The van der Waals surface area contributed by atoms with Crippen LogP contribution in [0.25, 0.3) is 0 Å². The van der Waals surface area contributed by atoms with Crippen molar-refractivity contribution in [2.75, 3.05) is 6.61 Å². The molecular weight excluding hydrogens is 269 g/mol. The molecule has 1 aliphatic rings. The Hall–Kier alpha value is -1.07. The number of hydrogen-bond donors (Lipinski definition) is 1. The Balaban J connectivity index is 2.30. The lowest BCUT2D eigenvalue weighted by Gasteiger charge is -2.39. The first-order valence-electron chi connectivity index (χ1n) is 6.74. The van der Waals surface area contributed by atoms with Gasteiger partial charge in [-0.15, -0.1) is 0 Å². The number of benzene rings is 1. The van der Waals surface area contributed by atoms with Gasteiger partial charge in [0, 0.05) is 12.8 Å². The second-order valence-electron chi connectivity index (χ2n) is 5.72. The van der Waals surface area contributed by atoms with Gasteiger partial charge in [0.15, 0.2) is 0 Å². The number of aliphatic hydroxyl groups is 1. The summed E-state index contributed by atoms with van der Waals surface area (Å²) >= 11 is 0. The third kappa shape index (κ3) is 3.15. The van der Waals surface area contributed by atoms with E-state index in [2.05, 4.69) is 0 Å². The summed E-state index contributed by atoms with van der Waals surface area (Å²) in [6.45, 7) is 4.31. The largest absolute Gasteiger partial charge is 0.416 e. The number of halogens is 3. The summed E-state index contributed by atoms with van der Waals surface area (Å²) in [5.74, 6) is 0.215. The summed E-state index contributed by atoms with van der Waals surface area (Å²) in [6, 6.07) is 4.96. The zero-order valence-electron chi connectivity index (χ0n) is 11.6. The third-order valence-corrected chi connectivity index (χ3v) is 3.86. The summed E-state index contributed by atoms with van der Waals surface area (Å²) in [4.78, 5) is 0. The summed E-state index contributed by atoms with van der Waals surface area (Å²) in [5, 5.41) is 10.7. The molecule has 1 aliphatic heterocycles. The van der Waals surface area contributed by atoms with Crippen LogP contribution in [0.2, 0.25) is 0 Å². The first kappa shape index (κ1) is 15.3. The summed E-state index contributed by atoms with van der Waals surface area (Å²) in [6.07, 6.45) is -3.89. The lowest BCUT2D eigenvalue weighted by atomic mass is 9.80. The normalized spacial score (nSPS) is 27.9. The van der Waals surface area contributed by atoms with Crippen molar-refractivity contribution in [3.05, 3.63) is 35.4 Å². The Kier molecular flexibility index (Phi) is 4.12. The van der Waals surface area contributed by atoms with Crippen molar-refractivity contribution in [1.82, 2.24) is 0 Å². The van der Waals surface area contributed by atoms with E-state index in [0.717, 1.165) is 12.1 Å². The Labute approximate surface area is 116 Å². The molecule has 2 unspecified atom stereocenters. The quantitative estimate of drug-likeness (QED) is 0.898. The maximum Gasteiger partial charge on any atom is 0.416 e. The smallest absolute Gasteiger partial charge is 0.385 e. The highest BCUT2D eigenvalue weighted by molar-refractivity contribution is 5.30. The van der Waals surface area contributed by atoms with Crippen LogP contribution in [-0.2, 0) is 16.5 Å².